The van der Waals surface area contributed by atoms with E-state index in [0.717, 1.165) is 17.2 Å². The lowest BCUT2D eigenvalue weighted by atomic mass is 10.0. The molecular weight excluding hydrogens is 340 g/mol. The first-order chi connectivity index (χ1) is 13.3. The lowest BCUT2D eigenvalue weighted by Gasteiger charge is -2.11. The summed E-state index contributed by atoms with van der Waals surface area (Å²) < 4.78 is 1.82. The van der Waals surface area contributed by atoms with Crippen LogP contribution in [0, 0.1) is 5.92 Å². The highest BCUT2D eigenvalue weighted by molar-refractivity contribution is 5.91. The molecule has 0 radical (unpaired) electrons. The predicted octanol–water partition coefficient (Wildman–Crippen LogP) is 3.92. The smallest absolute Gasteiger partial charge is 0.224 e. The van der Waals surface area contributed by atoms with Crippen LogP contribution < -0.4 is 10.6 Å². The fourth-order valence-electron chi connectivity index (χ4n) is 3.42. The van der Waals surface area contributed by atoms with Crippen molar-refractivity contribution in [2.24, 2.45) is 5.92 Å². The summed E-state index contributed by atoms with van der Waals surface area (Å²) in [5, 5.41) is 6.23. The number of hydrogen-bond acceptors (Lipinski definition) is 5. The standard InChI is InChI=1S/C20H22N6O/c27-20(11-15-3-1-2-4-15)25-17-7-5-16(6-8-17)24-18-12-19(23-13-22-18)26-10-9-21-14-26/h5-10,12-15H,1-4,11H2,(H,25,27)(H,22,23,24). The summed E-state index contributed by atoms with van der Waals surface area (Å²) in [6.07, 6.45) is 12.2. The first-order valence-corrected chi connectivity index (χ1v) is 9.23. The second-order valence-corrected chi connectivity index (χ2v) is 6.84. The summed E-state index contributed by atoms with van der Waals surface area (Å²) in [5.41, 5.74) is 1.70. The quantitative estimate of drug-likeness (QED) is 0.694. The van der Waals surface area contributed by atoms with E-state index < -0.39 is 0 Å². The maximum absolute atomic E-state index is 12.1. The Morgan fingerprint density at radius 3 is 2.63 bits per heavy atom. The van der Waals surface area contributed by atoms with E-state index in [0.29, 0.717) is 18.2 Å². The minimum Gasteiger partial charge on any atom is -0.340 e. The molecule has 0 spiro atoms. The van der Waals surface area contributed by atoms with Crippen LogP contribution in [0.3, 0.4) is 0 Å². The number of imidazole rings is 1. The van der Waals surface area contributed by atoms with Crippen molar-refractivity contribution in [1.82, 2.24) is 19.5 Å². The molecule has 0 atom stereocenters. The van der Waals surface area contributed by atoms with Gasteiger partial charge in [0, 0.05) is 36.3 Å². The molecular formula is C20H22N6O. The Labute approximate surface area is 157 Å². The number of anilines is 3. The molecule has 0 saturated heterocycles. The molecule has 2 aromatic heterocycles. The highest BCUT2D eigenvalue weighted by atomic mass is 16.1. The number of carbonyl (C=O) groups excluding carboxylic acids is 1. The zero-order chi connectivity index (χ0) is 18.5. The van der Waals surface area contributed by atoms with E-state index in [-0.39, 0.29) is 5.91 Å². The number of carbonyl (C=O) groups is 1. The van der Waals surface area contributed by atoms with E-state index in [9.17, 15) is 4.79 Å². The maximum atomic E-state index is 12.1. The molecule has 1 fully saturated rings. The van der Waals surface area contributed by atoms with Gasteiger partial charge in [0.2, 0.25) is 5.91 Å². The molecule has 7 nitrogen and oxygen atoms in total. The summed E-state index contributed by atoms with van der Waals surface area (Å²) in [7, 11) is 0. The van der Waals surface area contributed by atoms with E-state index in [1.54, 1.807) is 12.5 Å². The summed E-state index contributed by atoms with van der Waals surface area (Å²) in [4.78, 5) is 24.7. The van der Waals surface area contributed by atoms with E-state index in [2.05, 4.69) is 25.6 Å². The Morgan fingerprint density at radius 1 is 1.11 bits per heavy atom. The normalized spacial score (nSPS) is 14.2. The van der Waals surface area contributed by atoms with Gasteiger partial charge in [-0.2, -0.15) is 0 Å². The van der Waals surface area contributed by atoms with Crippen molar-refractivity contribution in [1.29, 1.82) is 0 Å². The maximum Gasteiger partial charge on any atom is 0.224 e. The molecule has 3 aromatic rings. The second-order valence-electron chi connectivity index (χ2n) is 6.84. The third kappa shape index (κ3) is 4.49. The number of rotatable bonds is 6. The molecule has 1 aliphatic carbocycles. The van der Waals surface area contributed by atoms with Crippen molar-refractivity contribution in [2.75, 3.05) is 10.6 Å². The van der Waals surface area contributed by atoms with Gasteiger partial charge in [-0.1, -0.05) is 12.8 Å². The molecule has 1 amide bonds. The topological polar surface area (TPSA) is 84.7 Å². The molecule has 1 saturated carbocycles. The lowest BCUT2D eigenvalue weighted by Crippen LogP contribution is -2.15. The van der Waals surface area contributed by atoms with Crippen LogP contribution in [-0.2, 0) is 4.79 Å². The van der Waals surface area contributed by atoms with Crippen molar-refractivity contribution in [3.8, 4) is 5.82 Å². The van der Waals surface area contributed by atoms with Crippen LogP contribution in [0.5, 0.6) is 0 Å². The highest BCUT2D eigenvalue weighted by Gasteiger charge is 2.18. The van der Waals surface area contributed by atoms with Crippen molar-refractivity contribution in [3.05, 3.63) is 55.4 Å². The number of nitrogens with zero attached hydrogens (tertiary/aromatic N) is 4. The van der Waals surface area contributed by atoms with E-state index in [4.69, 9.17) is 0 Å². The Hall–Kier alpha value is -3.22. The van der Waals surface area contributed by atoms with Crippen molar-refractivity contribution >= 4 is 23.1 Å². The first-order valence-electron chi connectivity index (χ1n) is 9.23. The van der Waals surface area contributed by atoms with Gasteiger partial charge in [0.1, 0.15) is 24.3 Å². The number of hydrogen-bond donors (Lipinski definition) is 2. The van der Waals surface area contributed by atoms with Gasteiger partial charge in [0.15, 0.2) is 0 Å². The average molecular weight is 362 g/mol. The zero-order valence-corrected chi connectivity index (χ0v) is 15.0. The molecule has 0 bridgehead atoms. The van der Waals surface area contributed by atoms with E-state index >= 15 is 0 Å². The van der Waals surface area contributed by atoms with Crippen molar-refractivity contribution in [3.63, 3.8) is 0 Å². The molecule has 27 heavy (non-hydrogen) atoms. The van der Waals surface area contributed by atoms with Crippen LogP contribution in [0.1, 0.15) is 32.1 Å². The first kappa shape index (κ1) is 17.2. The third-order valence-electron chi connectivity index (χ3n) is 4.81. The Morgan fingerprint density at radius 2 is 1.89 bits per heavy atom. The van der Waals surface area contributed by atoms with Gasteiger partial charge in [-0.15, -0.1) is 0 Å². The molecule has 0 aliphatic heterocycles. The van der Waals surface area contributed by atoms with Crippen LogP contribution in [0.2, 0.25) is 0 Å². The predicted molar refractivity (Wildman–Crippen MR) is 104 cm³/mol. The molecule has 0 unspecified atom stereocenters. The van der Waals surface area contributed by atoms with Gasteiger partial charge in [-0.05, 0) is 43.0 Å². The summed E-state index contributed by atoms with van der Waals surface area (Å²) in [6.45, 7) is 0. The van der Waals surface area contributed by atoms with E-state index in [1.807, 2.05) is 41.1 Å². The van der Waals surface area contributed by atoms with E-state index in [1.165, 1.54) is 32.0 Å². The molecule has 1 aromatic carbocycles. The second kappa shape index (κ2) is 7.99. The fourth-order valence-corrected chi connectivity index (χ4v) is 3.42. The number of aromatic nitrogens is 4. The minimum atomic E-state index is 0.100. The SMILES string of the molecule is O=C(CC1CCCC1)Nc1ccc(Nc2cc(-n3ccnc3)ncn2)cc1. The van der Waals surface area contributed by atoms with Crippen molar-refractivity contribution < 1.29 is 4.79 Å². The number of benzene rings is 1. The Balaban J connectivity index is 1.36. The van der Waals surface area contributed by atoms with Gasteiger partial charge in [-0.25, -0.2) is 15.0 Å². The largest absolute Gasteiger partial charge is 0.340 e. The molecule has 2 N–H and O–H groups in total. The lowest BCUT2D eigenvalue weighted by molar-refractivity contribution is -0.117. The van der Waals surface area contributed by atoms with Gasteiger partial charge in [0.25, 0.3) is 0 Å². The van der Waals surface area contributed by atoms with Crippen LogP contribution in [0.4, 0.5) is 17.2 Å². The minimum absolute atomic E-state index is 0.100. The van der Waals surface area contributed by atoms with Gasteiger partial charge in [-0.3, -0.25) is 9.36 Å². The zero-order valence-electron chi connectivity index (χ0n) is 15.0. The number of amides is 1. The van der Waals surface area contributed by atoms with Crippen LogP contribution in [0.15, 0.2) is 55.4 Å². The Kier molecular flexibility index (Phi) is 5.09. The van der Waals surface area contributed by atoms with Crippen LogP contribution >= 0.6 is 0 Å². The fraction of sp³-hybridized carbons (Fsp3) is 0.300. The summed E-state index contributed by atoms with van der Waals surface area (Å²) in [5.74, 6) is 2.07. The average Bonchev–Trinajstić information content (AvgIpc) is 3.37. The molecule has 7 heteroatoms. The van der Waals surface area contributed by atoms with Gasteiger partial charge >= 0.3 is 0 Å². The summed E-state index contributed by atoms with van der Waals surface area (Å²) >= 11 is 0. The summed E-state index contributed by atoms with van der Waals surface area (Å²) in [6, 6.07) is 9.48. The molecule has 138 valence electrons. The van der Waals surface area contributed by atoms with Crippen LogP contribution in [-0.4, -0.2) is 25.4 Å². The van der Waals surface area contributed by atoms with Crippen LogP contribution in [0.25, 0.3) is 5.82 Å². The number of nitrogens with one attached hydrogen (secondary N) is 2. The monoisotopic (exact) mass is 362 g/mol. The van der Waals surface area contributed by atoms with Crippen molar-refractivity contribution in [2.45, 2.75) is 32.1 Å². The molecule has 2 heterocycles. The third-order valence-corrected chi connectivity index (χ3v) is 4.81. The molecule has 4 rings (SSSR count). The van der Waals surface area contributed by atoms with Gasteiger partial charge in [0.05, 0.1) is 0 Å². The molecule has 1 aliphatic rings. The highest BCUT2D eigenvalue weighted by Crippen LogP contribution is 2.28. The Bertz CT molecular complexity index is 885. The van der Waals surface area contributed by atoms with Gasteiger partial charge < -0.3 is 10.6 Å².